The van der Waals surface area contributed by atoms with Crippen LogP contribution in [0.25, 0.3) is 11.6 Å². The van der Waals surface area contributed by atoms with E-state index in [4.69, 9.17) is 48.2 Å². The summed E-state index contributed by atoms with van der Waals surface area (Å²) in [5.74, 6) is 1.29. The van der Waals surface area contributed by atoms with Crippen LogP contribution < -0.4 is 34.8 Å². The first-order chi connectivity index (χ1) is 58.9. The van der Waals surface area contributed by atoms with Gasteiger partial charge >= 0.3 is 240 Å². The van der Waals surface area contributed by atoms with Gasteiger partial charge in [-0.2, -0.15) is 0 Å². The number of halogens is 4. The predicted octanol–water partition coefficient (Wildman–Crippen LogP) is 28.9. The standard InChI is InChI=1S/3C23H30N.C15H10.C13H17NO2.C12H15NO2.4ClH.2Ru/c3*1-6-18-12-11-13-19(7-2)21(18)24-17-23(5,16-22(24,3)4)20-14-9-8-10-15-20;1-2-6-12(7-3-1)15-11-10-13-8-4-5-9-14(13)15;1-5-11-8-12(14-10(4)15)6-7-13(11)16-9(2)3;1-8(2)15-12-6-5-11(7-9(12)3)13-10(4)14;;;;;;/h3*8-15,17H,6-7,16H2,1-5H3;1-9,11H;5-9H,1H2,2-4H3,(H,14,15);3,5-8H,1-2,4H3,(H,13,14);4*1H;;/q3*-1;;;;;;;;2*+2/p-4. The van der Waals surface area contributed by atoms with E-state index in [1.165, 1.54) is 103 Å². The molecule has 14 rings (SSSR count). The molecule has 2 N–H and O–H groups in total. The number of rotatable bonds is 21. The summed E-state index contributed by atoms with van der Waals surface area (Å²) in [4.78, 5) is 29.6. The SMILES string of the molecule is C=Cc1cc(NC(C)=O)ccc1OC(C)C.CC(=O)Nc1ccc(OC(C)C)c([CH]=[Ru]([Cl])[Cl])c1.CCc1cccc(CC)c1N1[CH-]C(C)(c2ccccc2)CC1(C)C.CCc1cccc(CC)c1N1[CH-]C(C)(c2ccccc2)CC1(C)C.CCc1cccc(CC)c1N1[CH-]C(C)(c2ccccc2)CC1(C)C.[Cl][Ru]([Cl])=[C]1C=C(c2ccccc2)c2ccccc21. The van der Waals surface area contributed by atoms with Crippen molar-refractivity contribution >= 4 is 99.4 Å². The van der Waals surface area contributed by atoms with Gasteiger partial charge in [-0.1, -0.05) is 237 Å². The molecule has 0 saturated carbocycles. The number of ether oxygens (including phenoxy) is 2. The van der Waals surface area contributed by atoms with E-state index in [2.05, 4.69) is 337 Å². The number of hydrogen-bond donors (Lipinski definition) is 2. The van der Waals surface area contributed by atoms with Crippen molar-refractivity contribution in [1.82, 2.24) is 0 Å². The van der Waals surface area contributed by atoms with Crippen LogP contribution in [0.5, 0.6) is 11.5 Å². The van der Waals surface area contributed by atoms with Crippen molar-refractivity contribution in [2.24, 2.45) is 0 Å². The summed E-state index contributed by atoms with van der Waals surface area (Å²) in [7, 11) is 24.2. The molecule has 0 radical (unpaired) electrons. The van der Waals surface area contributed by atoms with Gasteiger partial charge in [-0.05, 0) is 165 Å². The van der Waals surface area contributed by atoms with Crippen LogP contribution in [0.15, 0.2) is 249 Å². The second-order valence-corrected chi connectivity index (χ2v) is 46.9. The van der Waals surface area contributed by atoms with E-state index in [9.17, 15) is 9.59 Å². The molecule has 10 aromatic rings. The normalized spacial score (nSPS) is 18.2. The third-order valence-electron chi connectivity index (χ3n) is 23.3. The number of aryl methyl sites for hydroxylation is 6. The van der Waals surface area contributed by atoms with Crippen LogP contribution in [0, 0.1) is 19.6 Å². The van der Waals surface area contributed by atoms with Crippen molar-refractivity contribution in [3.05, 3.63) is 347 Å². The van der Waals surface area contributed by atoms with Gasteiger partial charge in [0.1, 0.15) is 5.75 Å². The fraction of sp³-hybridized carbons (Fsp3) is 0.349. The molecule has 3 unspecified atom stereocenters. The maximum absolute atomic E-state index is 11.0. The zero-order chi connectivity index (χ0) is 90.5. The molecule has 3 heterocycles. The fourth-order valence-corrected chi connectivity index (χ4v) is 22.3. The Kier molecular flexibility index (Phi) is 36.1. The van der Waals surface area contributed by atoms with Gasteiger partial charge in [0.15, 0.2) is 0 Å². The molecule has 0 spiro atoms. The molecule has 0 aromatic heterocycles. The molecule has 9 nitrogen and oxygen atoms in total. The van der Waals surface area contributed by atoms with Crippen molar-refractivity contribution in [2.75, 3.05) is 25.3 Å². The van der Waals surface area contributed by atoms with Gasteiger partial charge in [-0.25, -0.2) is 19.6 Å². The van der Waals surface area contributed by atoms with Gasteiger partial charge in [-0.3, -0.25) is 4.79 Å². The topological polar surface area (TPSA) is 86.4 Å². The number of anilines is 5. The maximum atomic E-state index is 11.0. The number of nitrogens with one attached hydrogen (secondary N) is 2. The van der Waals surface area contributed by atoms with E-state index in [0.717, 1.165) is 90.2 Å². The number of para-hydroxylation sites is 3. The second-order valence-electron chi connectivity index (χ2n) is 35.4. The molecular formula is C109H132Cl4N5O4Ru2-3. The van der Waals surface area contributed by atoms with Crippen molar-refractivity contribution in [3.63, 3.8) is 0 Å². The Morgan fingerprint density at radius 1 is 0.419 bits per heavy atom. The Hall–Kier alpha value is -8.23. The Labute approximate surface area is 770 Å². The van der Waals surface area contributed by atoms with E-state index in [1.54, 1.807) is 16.8 Å². The van der Waals surface area contributed by atoms with Gasteiger partial charge in [0.05, 0.1) is 6.10 Å². The molecule has 4 aliphatic rings. The minimum absolute atomic E-state index is 0.0649. The van der Waals surface area contributed by atoms with Gasteiger partial charge in [0.2, 0.25) is 5.91 Å². The van der Waals surface area contributed by atoms with Gasteiger partial charge < -0.3 is 24.8 Å². The average Bonchev–Trinajstić information content (AvgIpc) is 1.60. The molecule has 124 heavy (non-hydrogen) atoms. The van der Waals surface area contributed by atoms with Crippen molar-refractivity contribution in [2.45, 2.75) is 248 Å². The van der Waals surface area contributed by atoms with Crippen LogP contribution in [0.1, 0.15) is 243 Å². The molecule has 664 valence electrons. The summed E-state index contributed by atoms with van der Waals surface area (Å²) < 4.78 is 14.2. The molecule has 3 saturated heterocycles. The molecule has 2 amide bonds. The van der Waals surface area contributed by atoms with Crippen LogP contribution >= 0.6 is 38.8 Å². The van der Waals surface area contributed by atoms with E-state index in [-0.39, 0.29) is 56.9 Å². The Bertz CT molecular complexity index is 4970. The number of nitrogens with zero attached hydrogens (tertiary/aromatic N) is 3. The van der Waals surface area contributed by atoms with E-state index in [0.29, 0.717) is 5.69 Å². The predicted molar refractivity (Wildman–Crippen MR) is 529 cm³/mol. The summed E-state index contributed by atoms with van der Waals surface area (Å²) in [6.07, 6.45) is 13.9. The first-order valence-electron chi connectivity index (χ1n) is 43.7. The van der Waals surface area contributed by atoms with Crippen LogP contribution in [0.4, 0.5) is 28.4 Å². The first kappa shape index (κ1) is 99.5. The number of fused-ring (bicyclic) bond motifs is 1. The summed E-state index contributed by atoms with van der Waals surface area (Å²) in [5.41, 5.74) is 25.9. The molecule has 15 heteroatoms. The molecule has 0 bridgehead atoms. The number of benzene rings is 10. The molecule has 1 aliphatic carbocycles. The third-order valence-corrected chi connectivity index (χ3v) is 28.2. The summed E-state index contributed by atoms with van der Waals surface area (Å²) in [6.45, 7) is 56.9. The Morgan fingerprint density at radius 3 is 1.01 bits per heavy atom. The van der Waals surface area contributed by atoms with Crippen molar-refractivity contribution in [3.8, 4) is 11.5 Å². The second kappa shape index (κ2) is 45.0. The molecular weight excluding hydrogens is 1790 g/mol. The Morgan fingerprint density at radius 2 is 0.718 bits per heavy atom. The van der Waals surface area contributed by atoms with Gasteiger partial charge in [0, 0.05) is 51.9 Å². The first-order valence-corrected chi connectivity index (χ1v) is 54.5. The van der Waals surface area contributed by atoms with E-state index >= 15 is 0 Å². The van der Waals surface area contributed by atoms with Crippen LogP contribution in [0.3, 0.4) is 0 Å². The number of carbonyl (C=O) groups excluding carboxylic acids is 2. The van der Waals surface area contributed by atoms with Crippen LogP contribution in [0.2, 0.25) is 0 Å². The summed E-state index contributed by atoms with van der Waals surface area (Å²) in [5, 5.41) is 5.43. The monoisotopic (exact) mass is 1920 g/mol. The minimum atomic E-state index is -1.94. The zero-order valence-electron chi connectivity index (χ0n) is 76.9. The van der Waals surface area contributed by atoms with Crippen molar-refractivity contribution in [1.29, 1.82) is 0 Å². The van der Waals surface area contributed by atoms with Gasteiger partial charge in [-0.15, -0.1) is 16.2 Å². The van der Waals surface area contributed by atoms with E-state index in [1.807, 2.05) is 82.3 Å². The zero-order valence-corrected chi connectivity index (χ0v) is 83.4. The summed E-state index contributed by atoms with van der Waals surface area (Å²) >= 11 is -3.82. The average molecular weight is 1920 g/mol. The number of carbonyl (C=O) groups is 2. The molecule has 3 aliphatic heterocycles. The van der Waals surface area contributed by atoms with Crippen molar-refractivity contribution < 1.29 is 46.1 Å². The van der Waals surface area contributed by atoms with Crippen LogP contribution in [-0.2, 0) is 91.4 Å². The van der Waals surface area contributed by atoms with E-state index < -0.39 is 27.0 Å². The number of hydrogen-bond acceptors (Lipinski definition) is 7. The fourth-order valence-electron chi connectivity index (χ4n) is 18.0. The molecule has 3 fully saturated rings. The number of amides is 2. The third kappa shape index (κ3) is 25.6. The molecule has 10 aromatic carbocycles. The van der Waals surface area contributed by atoms with Gasteiger partial charge in [0.25, 0.3) is 0 Å². The van der Waals surface area contributed by atoms with Crippen LogP contribution in [-0.4, -0.2) is 49.4 Å². The molecule has 3 atom stereocenters. The quantitative estimate of drug-likeness (QED) is 0.0547. The number of allylic oxidation sites excluding steroid dienone is 1. The Balaban J connectivity index is 0.000000170. The summed E-state index contributed by atoms with van der Waals surface area (Å²) in [6, 6.07) is 82.8.